The number of hydrogen-bond donors (Lipinski definition) is 2. The molecule has 1 atom stereocenters. The molecular formula is C19H14F3N3O3. The minimum absolute atomic E-state index is 0.221. The van der Waals surface area contributed by atoms with E-state index in [1.54, 1.807) is 6.07 Å². The number of benzene rings is 2. The molecule has 0 aliphatic carbocycles. The molecule has 0 aliphatic rings. The number of nitrogens with one attached hydrogen (secondary N) is 1. The highest BCUT2D eigenvalue weighted by molar-refractivity contribution is 5.97. The van der Waals surface area contributed by atoms with Gasteiger partial charge in [-0.3, -0.25) is 4.79 Å². The van der Waals surface area contributed by atoms with Gasteiger partial charge in [0, 0.05) is 0 Å². The lowest BCUT2D eigenvalue weighted by Gasteiger charge is -2.23. The lowest BCUT2D eigenvalue weighted by molar-refractivity contribution is -0.137. The Labute approximate surface area is 158 Å². The summed E-state index contributed by atoms with van der Waals surface area (Å²) in [7, 11) is 0. The third kappa shape index (κ3) is 5.00. The van der Waals surface area contributed by atoms with Gasteiger partial charge < -0.3 is 15.2 Å². The first-order valence-electron chi connectivity index (χ1n) is 7.85. The van der Waals surface area contributed by atoms with Gasteiger partial charge >= 0.3 is 6.18 Å². The van der Waals surface area contributed by atoms with Crippen molar-refractivity contribution in [3.8, 4) is 17.9 Å². The molecule has 0 aromatic heterocycles. The number of aliphatic hydroxyl groups is 1. The molecule has 2 aromatic carbocycles. The van der Waals surface area contributed by atoms with Crippen LogP contribution in [0.5, 0.6) is 5.75 Å². The Hall–Kier alpha value is -3.56. The number of halogens is 3. The Morgan fingerprint density at radius 3 is 2.21 bits per heavy atom. The molecule has 2 aromatic rings. The van der Waals surface area contributed by atoms with E-state index in [-0.39, 0.29) is 11.3 Å². The van der Waals surface area contributed by atoms with Crippen LogP contribution in [0, 0.1) is 22.7 Å². The fourth-order valence-electron chi connectivity index (χ4n) is 2.13. The fourth-order valence-corrected chi connectivity index (χ4v) is 2.13. The van der Waals surface area contributed by atoms with Crippen LogP contribution < -0.4 is 10.1 Å². The van der Waals surface area contributed by atoms with Crippen LogP contribution in [-0.2, 0) is 11.0 Å². The van der Waals surface area contributed by atoms with Crippen LogP contribution in [0.2, 0.25) is 0 Å². The van der Waals surface area contributed by atoms with Gasteiger partial charge in [0.05, 0.1) is 34.5 Å². The molecule has 0 bridgehead atoms. The Balaban J connectivity index is 2.14. The first kappa shape index (κ1) is 20.7. The van der Waals surface area contributed by atoms with E-state index >= 15 is 0 Å². The van der Waals surface area contributed by atoms with Gasteiger partial charge in [-0.05, 0) is 49.4 Å². The predicted octanol–water partition coefficient (Wildman–Crippen LogP) is 3.22. The van der Waals surface area contributed by atoms with Crippen LogP contribution in [0.25, 0.3) is 0 Å². The second kappa shape index (κ2) is 7.99. The van der Waals surface area contributed by atoms with Crippen LogP contribution in [0.3, 0.4) is 0 Å². The molecule has 0 heterocycles. The molecule has 6 nitrogen and oxygen atoms in total. The molecular weight excluding hydrogens is 375 g/mol. The van der Waals surface area contributed by atoms with E-state index in [9.17, 15) is 23.1 Å². The summed E-state index contributed by atoms with van der Waals surface area (Å²) in [5.41, 5.74) is -3.78. The lowest BCUT2D eigenvalue weighted by atomic mass is 10.1. The Morgan fingerprint density at radius 2 is 1.68 bits per heavy atom. The number of anilines is 1. The molecule has 0 aliphatic heterocycles. The minimum atomic E-state index is -4.81. The quantitative estimate of drug-likeness (QED) is 0.817. The molecule has 0 fully saturated rings. The Morgan fingerprint density at radius 1 is 1.11 bits per heavy atom. The van der Waals surface area contributed by atoms with Crippen LogP contribution in [0.1, 0.15) is 23.6 Å². The second-order valence-corrected chi connectivity index (χ2v) is 6.02. The molecule has 2 rings (SSSR count). The van der Waals surface area contributed by atoms with Gasteiger partial charge in [-0.2, -0.15) is 23.7 Å². The van der Waals surface area contributed by atoms with Crippen LogP contribution in [0.15, 0.2) is 42.5 Å². The van der Waals surface area contributed by atoms with E-state index < -0.39 is 35.5 Å². The topological polar surface area (TPSA) is 106 Å². The van der Waals surface area contributed by atoms with E-state index in [4.69, 9.17) is 15.3 Å². The maximum absolute atomic E-state index is 13.2. The average molecular weight is 389 g/mol. The summed E-state index contributed by atoms with van der Waals surface area (Å²) in [5, 5.41) is 29.8. The van der Waals surface area contributed by atoms with Gasteiger partial charge in [-0.25, -0.2) is 0 Å². The van der Waals surface area contributed by atoms with Crippen molar-refractivity contribution in [2.45, 2.75) is 18.7 Å². The normalized spacial score (nSPS) is 13.0. The van der Waals surface area contributed by atoms with Crippen LogP contribution in [-0.4, -0.2) is 23.2 Å². The van der Waals surface area contributed by atoms with E-state index in [2.05, 4.69) is 0 Å². The number of carbonyl (C=O) groups excluding carboxylic acids is 1. The summed E-state index contributed by atoms with van der Waals surface area (Å²) in [5.74, 6) is -0.849. The third-order valence-corrected chi connectivity index (χ3v) is 3.69. The van der Waals surface area contributed by atoms with E-state index in [1.807, 2.05) is 11.4 Å². The maximum Gasteiger partial charge on any atom is 0.418 e. The molecule has 144 valence electrons. The summed E-state index contributed by atoms with van der Waals surface area (Å²) in [6.07, 6.45) is -4.81. The van der Waals surface area contributed by atoms with E-state index in [1.165, 1.54) is 24.3 Å². The van der Waals surface area contributed by atoms with Gasteiger partial charge in [0.1, 0.15) is 12.4 Å². The zero-order chi connectivity index (χ0) is 20.9. The van der Waals surface area contributed by atoms with Crippen LogP contribution in [0.4, 0.5) is 18.9 Å². The van der Waals surface area contributed by atoms with Crippen molar-refractivity contribution in [3.05, 3.63) is 59.2 Å². The van der Waals surface area contributed by atoms with Gasteiger partial charge in [0.2, 0.25) is 0 Å². The van der Waals surface area contributed by atoms with Gasteiger partial charge in [-0.1, -0.05) is 0 Å². The Bertz CT molecular complexity index is 956. The molecule has 28 heavy (non-hydrogen) atoms. The number of nitriles is 2. The smallest absolute Gasteiger partial charge is 0.418 e. The molecule has 0 saturated carbocycles. The highest BCUT2D eigenvalue weighted by atomic mass is 19.4. The second-order valence-electron chi connectivity index (χ2n) is 6.02. The van der Waals surface area contributed by atoms with Crippen LogP contribution >= 0.6 is 0 Å². The van der Waals surface area contributed by atoms with Crippen molar-refractivity contribution in [1.82, 2.24) is 0 Å². The number of amides is 1. The fraction of sp³-hybridized carbons (Fsp3) is 0.211. The van der Waals surface area contributed by atoms with Gasteiger partial charge in [-0.15, -0.1) is 0 Å². The molecule has 0 saturated heterocycles. The SMILES string of the molecule is CC(O)(COc1ccc(C#N)cc1)C(=O)Nc1ccc(C#N)cc1C(F)(F)F. The van der Waals surface area contributed by atoms with Crippen molar-refractivity contribution in [3.63, 3.8) is 0 Å². The number of carbonyl (C=O) groups is 1. The molecule has 9 heteroatoms. The van der Waals surface area contributed by atoms with E-state index in [0.29, 0.717) is 11.6 Å². The summed E-state index contributed by atoms with van der Waals surface area (Å²) in [6.45, 7) is 0.547. The number of nitrogens with zero attached hydrogens (tertiary/aromatic N) is 2. The highest BCUT2D eigenvalue weighted by Gasteiger charge is 2.37. The maximum atomic E-state index is 13.2. The number of rotatable bonds is 5. The van der Waals surface area contributed by atoms with Crippen molar-refractivity contribution < 1.29 is 27.8 Å². The molecule has 0 spiro atoms. The monoisotopic (exact) mass is 389 g/mol. The standard InChI is InChI=1S/C19H14F3N3O3/c1-18(27,11-28-14-5-2-12(9-23)3-6-14)17(26)25-16-7-4-13(10-24)8-15(16)19(20,21)22/h2-8,27H,11H2,1H3,(H,25,26). The first-order valence-corrected chi connectivity index (χ1v) is 7.85. The van der Waals surface area contributed by atoms with Crippen molar-refractivity contribution in [1.29, 1.82) is 10.5 Å². The minimum Gasteiger partial charge on any atom is -0.490 e. The molecule has 2 N–H and O–H groups in total. The predicted molar refractivity (Wildman–Crippen MR) is 92.1 cm³/mol. The van der Waals surface area contributed by atoms with Gasteiger partial charge in [0.25, 0.3) is 5.91 Å². The average Bonchev–Trinajstić information content (AvgIpc) is 2.66. The Kier molecular flexibility index (Phi) is 5.92. The lowest BCUT2D eigenvalue weighted by Crippen LogP contribution is -2.45. The summed E-state index contributed by atoms with van der Waals surface area (Å²) in [6, 6.07) is 12.0. The van der Waals surface area contributed by atoms with Gasteiger partial charge in [0.15, 0.2) is 5.60 Å². The largest absolute Gasteiger partial charge is 0.490 e. The summed E-state index contributed by atoms with van der Waals surface area (Å²) in [4.78, 5) is 12.3. The number of ether oxygens (including phenoxy) is 1. The van der Waals surface area contributed by atoms with E-state index in [0.717, 1.165) is 19.1 Å². The summed E-state index contributed by atoms with van der Waals surface area (Å²) >= 11 is 0. The first-order chi connectivity index (χ1) is 13.1. The van der Waals surface area contributed by atoms with Crippen molar-refractivity contribution >= 4 is 11.6 Å². The highest BCUT2D eigenvalue weighted by Crippen LogP contribution is 2.35. The summed E-state index contributed by atoms with van der Waals surface area (Å²) < 4.78 is 44.8. The molecule has 0 radical (unpaired) electrons. The molecule has 1 unspecified atom stereocenters. The number of alkyl halides is 3. The molecule has 1 amide bonds. The van der Waals surface area contributed by atoms with Crippen molar-refractivity contribution in [2.24, 2.45) is 0 Å². The number of hydrogen-bond acceptors (Lipinski definition) is 5. The zero-order valence-corrected chi connectivity index (χ0v) is 14.5. The third-order valence-electron chi connectivity index (χ3n) is 3.69. The van der Waals surface area contributed by atoms with Crippen molar-refractivity contribution in [2.75, 3.05) is 11.9 Å². The zero-order valence-electron chi connectivity index (χ0n) is 14.5.